The Labute approximate surface area is 184 Å². The normalized spacial score (nSPS) is 15.0. The van der Waals surface area contributed by atoms with Crippen molar-refractivity contribution in [3.8, 4) is 5.75 Å². The number of nitrogens with zero attached hydrogens (tertiary/aromatic N) is 5. The predicted octanol–water partition coefficient (Wildman–Crippen LogP) is 1.70. The molecule has 0 saturated carbocycles. The van der Waals surface area contributed by atoms with Crippen LogP contribution in [-0.4, -0.2) is 87.5 Å². The van der Waals surface area contributed by atoms with Gasteiger partial charge in [-0.05, 0) is 18.2 Å². The highest BCUT2D eigenvalue weighted by Crippen LogP contribution is 2.17. The van der Waals surface area contributed by atoms with Gasteiger partial charge in [-0.2, -0.15) is 0 Å². The van der Waals surface area contributed by atoms with Gasteiger partial charge in [-0.3, -0.25) is 9.89 Å². The van der Waals surface area contributed by atoms with Crippen molar-refractivity contribution in [2.75, 3.05) is 76.9 Å². The van der Waals surface area contributed by atoms with Crippen LogP contribution in [0.5, 0.6) is 5.75 Å². The molecule has 0 amide bonds. The van der Waals surface area contributed by atoms with Crippen molar-refractivity contribution >= 4 is 17.6 Å². The van der Waals surface area contributed by atoms with E-state index in [0.717, 1.165) is 69.0 Å². The number of hydrogen-bond acceptors (Lipinski definition) is 7. The standard InChI is InChI=1S/C22H33N7O2/c1-23-21(27-19-6-3-7-20(18-19)31-17-5-16-30-2)24-10-11-28-12-14-29(15-13-28)22-25-8-4-9-26-22/h3-4,6-9,18H,5,10-17H2,1-2H3,(H2,23,24,27). The quantitative estimate of drug-likeness (QED) is 0.337. The van der Waals surface area contributed by atoms with Crippen molar-refractivity contribution < 1.29 is 9.47 Å². The van der Waals surface area contributed by atoms with Crippen molar-refractivity contribution in [3.63, 3.8) is 0 Å². The van der Waals surface area contributed by atoms with Crippen LogP contribution in [-0.2, 0) is 4.74 Å². The molecular formula is C22H33N7O2. The lowest BCUT2D eigenvalue weighted by molar-refractivity contribution is 0.172. The van der Waals surface area contributed by atoms with E-state index in [0.29, 0.717) is 13.2 Å². The average Bonchev–Trinajstić information content (AvgIpc) is 2.82. The molecule has 1 aromatic heterocycles. The molecule has 1 aromatic carbocycles. The van der Waals surface area contributed by atoms with E-state index >= 15 is 0 Å². The summed E-state index contributed by atoms with van der Waals surface area (Å²) in [6.45, 7) is 6.96. The van der Waals surface area contributed by atoms with Gasteiger partial charge in [-0.25, -0.2) is 9.97 Å². The number of methoxy groups -OCH3 is 1. The number of rotatable bonds is 10. The van der Waals surface area contributed by atoms with E-state index in [1.807, 2.05) is 30.3 Å². The number of nitrogens with one attached hydrogen (secondary N) is 2. The van der Waals surface area contributed by atoms with Gasteiger partial charge < -0.3 is 25.0 Å². The molecule has 0 radical (unpaired) electrons. The van der Waals surface area contributed by atoms with Crippen LogP contribution in [0.2, 0.25) is 0 Å². The Balaban J connectivity index is 1.37. The first-order valence-electron chi connectivity index (χ1n) is 10.7. The minimum absolute atomic E-state index is 0.633. The molecule has 2 N–H and O–H groups in total. The first-order valence-corrected chi connectivity index (χ1v) is 10.7. The summed E-state index contributed by atoms with van der Waals surface area (Å²) in [4.78, 5) is 17.7. The lowest BCUT2D eigenvalue weighted by Crippen LogP contribution is -2.49. The van der Waals surface area contributed by atoms with E-state index in [9.17, 15) is 0 Å². The van der Waals surface area contributed by atoms with Gasteiger partial charge in [0.05, 0.1) is 6.61 Å². The van der Waals surface area contributed by atoms with Crippen molar-refractivity contribution in [1.82, 2.24) is 20.2 Å². The Morgan fingerprint density at radius 3 is 2.65 bits per heavy atom. The molecule has 1 aliphatic rings. The zero-order chi connectivity index (χ0) is 21.7. The molecule has 168 valence electrons. The van der Waals surface area contributed by atoms with Gasteiger partial charge in [-0.1, -0.05) is 6.07 Å². The lowest BCUT2D eigenvalue weighted by Gasteiger charge is -2.34. The summed E-state index contributed by atoms with van der Waals surface area (Å²) in [6.07, 6.45) is 4.45. The molecule has 3 rings (SSSR count). The Morgan fingerprint density at radius 1 is 1.10 bits per heavy atom. The Morgan fingerprint density at radius 2 is 1.90 bits per heavy atom. The Hall–Kier alpha value is -2.91. The zero-order valence-electron chi connectivity index (χ0n) is 18.5. The summed E-state index contributed by atoms with van der Waals surface area (Å²) in [5, 5.41) is 6.72. The molecular weight excluding hydrogens is 394 g/mol. The van der Waals surface area contributed by atoms with Crippen LogP contribution in [0.1, 0.15) is 6.42 Å². The number of anilines is 2. The molecule has 1 aliphatic heterocycles. The summed E-state index contributed by atoms with van der Waals surface area (Å²) in [7, 11) is 3.47. The molecule has 0 bridgehead atoms. The van der Waals surface area contributed by atoms with E-state index < -0.39 is 0 Å². The number of guanidine groups is 1. The van der Waals surface area contributed by atoms with Crippen LogP contribution < -0.4 is 20.3 Å². The third-order valence-corrected chi connectivity index (χ3v) is 5.01. The zero-order valence-corrected chi connectivity index (χ0v) is 18.5. The van der Waals surface area contributed by atoms with E-state index in [-0.39, 0.29) is 0 Å². The summed E-state index contributed by atoms with van der Waals surface area (Å²) in [5.41, 5.74) is 0.939. The van der Waals surface area contributed by atoms with Gasteiger partial charge in [0.25, 0.3) is 0 Å². The minimum atomic E-state index is 0.633. The lowest BCUT2D eigenvalue weighted by atomic mass is 10.3. The SMILES string of the molecule is CN=C(NCCN1CCN(c2ncccn2)CC1)Nc1cccc(OCCCOC)c1. The van der Waals surface area contributed by atoms with Crippen molar-refractivity contribution in [1.29, 1.82) is 0 Å². The molecule has 0 spiro atoms. The number of aliphatic imine (C=N–C) groups is 1. The van der Waals surface area contributed by atoms with E-state index in [1.54, 1.807) is 26.6 Å². The number of ether oxygens (including phenoxy) is 2. The molecule has 31 heavy (non-hydrogen) atoms. The topological polar surface area (TPSA) is 87.1 Å². The molecule has 0 unspecified atom stereocenters. The maximum Gasteiger partial charge on any atom is 0.225 e. The van der Waals surface area contributed by atoms with Crippen LogP contribution in [0, 0.1) is 0 Å². The van der Waals surface area contributed by atoms with Gasteiger partial charge in [0.2, 0.25) is 5.95 Å². The van der Waals surface area contributed by atoms with Crippen LogP contribution in [0.15, 0.2) is 47.7 Å². The highest BCUT2D eigenvalue weighted by molar-refractivity contribution is 5.93. The van der Waals surface area contributed by atoms with Gasteiger partial charge in [-0.15, -0.1) is 0 Å². The Kier molecular flexibility index (Phi) is 9.33. The molecule has 1 saturated heterocycles. The van der Waals surface area contributed by atoms with Gasteiger partial charge in [0, 0.05) is 90.6 Å². The van der Waals surface area contributed by atoms with Gasteiger partial charge >= 0.3 is 0 Å². The van der Waals surface area contributed by atoms with E-state index in [2.05, 4.69) is 35.4 Å². The second kappa shape index (κ2) is 12.7. The first kappa shape index (κ1) is 22.8. The average molecular weight is 428 g/mol. The first-order chi connectivity index (χ1) is 15.3. The third kappa shape index (κ3) is 7.69. The second-order valence-corrected chi connectivity index (χ2v) is 7.22. The maximum atomic E-state index is 5.77. The Bertz CT molecular complexity index is 795. The van der Waals surface area contributed by atoms with Crippen LogP contribution in [0.4, 0.5) is 11.6 Å². The van der Waals surface area contributed by atoms with Gasteiger partial charge in [0.15, 0.2) is 5.96 Å². The third-order valence-electron chi connectivity index (χ3n) is 5.01. The fourth-order valence-electron chi connectivity index (χ4n) is 3.33. The van der Waals surface area contributed by atoms with Crippen LogP contribution in [0.25, 0.3) is 0 Å². The molecule has 9 nitrogen and oxygen atoms in total. The molecule has 0 aliphatic carbocycles. The number of benzene rings is 1. The number of aromatic nitrogens is 2. The molecule has 2 heterocycles. The largest absolute Gasteiger partial charge is 0.493 e. The van der Waals surface area contributed by atoms with Gasteiger partial charge in [0.1, 0.15) is 5.75 Å². The minimum Gasteiger partial charge on any atom is -0.493 e. The highest BCUT2D eigenvalue weighted by atomic mass is 16.5. The summed E-state index contributed by atoms with van der Waals surface area (Å²) >= 11 is 0. The molecule has 1 fully saturated rings. The van der Waals surface area contributed by atoms with Crippen molar-refractivity contribution in [2.45, 2.75) is 6.42 Å². The van der Waals surface area contributed by atoms with Crippen LogP contribution in [0.3, 0.4) is 0 Å². The molecule has 2 aromatic rings. The predicted molar refractivity (Wildman–Crippen MR) is 124 cm³/mol. The van der Waals surface area contributed by atoms with E-state index in [1.165, 1.54) is 0 Å². The van der Waals surface area contributed by atoms with E-state index in [4.69, 9.17) is 9.47 Å². The summed E-state index contributed by atoms with van der Waals surface area (Å²) < 4.78 is 10.8. The summed E-state index contributed by atoms with van der Waals surface area (Å²) in [5.74, 6) is 2.39. The molecule has 0 atom stereocenters. The highest BCUT2D eigenvalue weighted by Gasteiger charge is 2.18. The van der Waals surface area contributed by atoms with Crippen molar-refractivity contribution in [2.24, 2.45) is 4.99 Å². The van der Waals surface area contributed by atoms with Crippen molar-refractivity contribution in [3.05, 3.63) is 42.7 Å². The number of hydrogen-bond donors (Lipinski definition) is 2. The fourth-order valence-corrected chi connectivity index (χ4v) is 3.33. The second-order valence-electron chi connectivity index (χ2n) is 7.22. The fraction of sp³-hybridized carbons (Fsp3) is 0.500. The smallest absolute Gasteiger partial charge is 0.225 e. The number of piperazine rings is 1. The van der Waals surface area contributed by atoms with Crippen LogP contribution >= 0.6 is 0 Å². The molecule has 9 heteroatoms. The maximum absolute atomic E-state index is 5.77. The summed E-state index contributed by atoms with van der Waals surface area (Å²) in [6, 6.07) is 9.74. The monoisotopic (exact) mass is 427 g/mol.